The molecule has 0 amide bonds. The van der Waals surface area contributed by atoms with Gasteiger partial charge in [0.05, 0.1) is 17.6 Å². The van der Waals surface area contributed by atoms with Crippen molar-refractivity contribution < 1.29 is 13.2 Å². The van der Waals surface area contributed by atoms with Gasteiger partial charge in [0.1, 0.15) is 0 Å². The van der Waals surface area contributed by atoms with Crippen molar-refractivity contribution in [2.24, 2.45) is 0 Å². The number of hydrogen-bond acceptors (Lipinski definition) is 4. The van der Waals surface area contributed by atoms with Gasteiger partial charge in [0.25, 0.3) is 0 Å². The van der Waals surface area contributed by atoms with Crippen LogP contribution in [0.2, 0.25) is 0 Å². The third-order valence-corrected chi connectivity index (χ3v) is 6.51. The molecule has 6 heteroatoms. The smallest absolute Gasteiger partial charge is 0.240 e. The molecule has 1 N–H and O–H groups in total. The summed E-state index contributed by atoms with van der Waals surface area (Å²) < 4.78 is 33.5. The molecule has 0 spiro atoms. The lowest BCUT2D eigenvalue weighted by molar-refractivity contribution is -0.0300. The number of ether oxygens (including phenoxy) is 1. The third kappa shape index (κ3) is 5.39. The van der Waals surface area contributed by atoms with Gasteiger partial charge in [-0.3, -0.25) is 4.90 Å². The minimum atomic E-state index is -3.45. The van der Waals surface area contributed by atoms with Gasteiger partial charge in [0, 0.05) is 19.6 Å². The van der Waals surface area contributed by atoms with E-state index in [1.807, 2.05) is 38.1 Å². The number of sulfonamides is 1. The van der Waals surface area contributed by atoms with E-state index in [0.29, 0.717) is 18.0 Å². The van der Waals surface area contributed by atoms with Crippen LogP contribution < -0.4 is 4.72 Å². The molecule has 2 aromatic carbocycles. The fraction of sp³-hybridized carbons (Fsp3) is 0.429. The Morgan fingerprint density at radius 2 is 1.89 bits per heavy atom. The van der Waals surface area contributed by atoms with Crippen molar-refractivity contribution in [1.29, 1.82) is 0 Å². The monoisotopic (exact) mass is 388 g/mol. The standard InChI is InChI=1S/C21H28N2O3S/c1-17-9-10-20(15-18(17)2)27(24,25)22-11-6-12-23-13-14-26-21(16-23)19-7-4-3-5-8-19/h3-5,7-10,15,21-22H,6,11-14,16H2,1-2H3/t21-/m1/s1. The molecule has 3 rings (SSSR count). The molecule has 2 aromatic rings. The van der Waals surface area contributed by atoms with Gasteiger partial charge in [-0.1, -0.05) is 36.4 Å². The second-order valence-corrected chi connectivity index (χ2v) is 8.84. The molecular weight excluding hydrogens is 360 g/mol. The van der Waals surface area contributed by atoms with Gasteiger partial charge >= 0.3 is 0 Å². The van der Waals surface area contributed by atoms with Crippen LogP contribution >= 0.6 is 0 Å². The summed E-state index contributed by atoms with van der Waals surface area (Å²) in [5.74, 6) is 0. The highest BCUT2D eigenvalue weighted by molar-refractivity contribution is 7.89. The number of benzene rings is 2. The summed E-state index contributed by atoms with van der Waals surface area (Å²) in [6, 6.07) is 15.5. The minimum Gasteiger partial charge on any atom is -0.371 e. The first kappa shape index (κ1) is 20.0. The van der Waals surface area contributed by atoms with Crippen LogP contribution in [0.3, 0.4) is 0 Å². The predicted molar refractivity (Wildman–Crippen MR) is 107 cm³/mol. The lowest BCUT2D eigenvalue weighted by Crippen LogP contribution is -2.39. The number of morpholine rings is 1. The van der Waals surface area contributed by atoms with Crippen molar-refractivity contribution in [3.05, 3.63) is 65.2 Å². The summed E-state index contributed by atoms with van der Waals surface area (Å²) in [6.07, 6.45) is 0.859. The Hall–Kier alpha value is -1.73. The molecule has 27 heavy (non-hydrogen) atoms. The second kappa shape index (κ2) is 8.97. The largest absolute Gasteiger partial charge is 0.371 e. The SMILES string of the molecule is Cc1ccc(S(=O)(=O)NCCCN2CCO[C@@H](c3ccccc3)C2)cc1C. The molecule has 1 aliphatic heterocycles. The maximum Gasteiger partial charge on any atom is 0.240 e. The Labute approximate surface area is 162 Å². The lowest BCUT2D eigenvalue weighted by atomic mass is 10.1. The Balaban J connectivity index is 1.47. The molecule has 0 bridgehead atoms. The van der Waals surface area contributed by atoms with E-state index in [-0.39, 0.29) is 6.10 Å². The van der Waals surface area contributed by atoms with Gasteiger partial charge in [0.2, 0.25) is 10.0 Å². The van der Waals surface area contributed by atoms with E-state index in [1.54, 1.807) is 12.1 Å². The Kier molecular flexibility index (Phi) is 6.65. The van der Waals surface area contributed by atoms with E-state index >= 15 is 0 Å². The molecule has 146 valence electrons. The van der Waals surface area contributed by atoms with E-state index in [1.165, 1.54) is 5.56 Å². The van der Waals surface area contributed by atoms with Crippen molar-refractivity contribution in [3.63, 3.8) is 0 Å². The third-order valence-electron chi connectivity index (χ3n) is 5.05. The zero-order valence-electron chi connectivity index (χ0n) is 16.0. The first-order valence-corrected chi connectivity index (χ1v) is 10.9. The molecular formula is C21H28N2O3S. The Morgan fingerprint density at radius 3 is 2.63 bits per heavy atom. The number of hydrogen-bond donors (Lipinski definition) is 1. The van der Waals surface area contributed by atoms with Crippen LogP contribution in [0.5, 0.6) is 0 Å². The Bertz CT molecular complexity index is 853. The van der Waals surface area contributed by atoms with E-state index in [0.717, 1.165) is 37.2 Å². The summed E-state index contributed by atoms with van der Waals surface area (Å²) in [6.45, 7) is 7.61. The van der Waals surface area contributed by atoms with Crippen molar-refractivity contribution in [1.82, 2.24) is 9.62 Å². The van der Waals surface area contributed by atoms with Crippen molar-refractivity contribution in [2.45, 2.75) is 31.3 Å². The highest BCUT2D eigenvalue weighted by Crippen LogP contribution is 2.22. The molecule has 1 heterocycles. The summed E-state index contributed by atoms with van der Waals surface area (Å²) >= 11 is 0. The molecule has 1 aliphatic rings. The maximum atomic E-state index is 12.4. The minimum absolute atomic E-state index is 0.0900. The van der Waals surface area contributed by atoms with Crippen LogP contribution in [0.1, 0.15) is 29.2 Å². The van der Waals surface area contributed by atoms with Gasteiger partial charge in [-0.25, -0.2) is 13.1 Å². The van der Waals surface area contributed by atoms with E-state index < -0.39 is 10.0 Å². The molecule has 0 saturated carbocycles. The molecule has 0 aromatic heterocycles. The van der Waals surface area contributed by atoms with Gasteiger partial charge in [0.15, 0.2) is 0 Å². The van der Waals surface area contributed by atoms with Crippen LogP contribution in [0.4, 0.5) is 0 Å². The predicted octanol–water partition coefficient (Wildman–Crippen LogP) is 3.05. The van der Waals surface area contributed by atoms with Crippen LogP contribution in [-0.2, 0) is 14.8 Å². The molecule has 1 fully saturated rings. The molecule has 1 saturated heterocycles. The van der Waals surface area contributed by atoms with E-state index in [9.17, 15) is 8.42 Å². The summed E-state index contributed by atoms with van der Waals surface area (Å²) in [7, 11) is -3.45. The summed E-state index contributed by atoms with van der Waals surface area (Å²) in [4.78, 5) is 2.67. The summed E-state index contributed by atoms with van der Waals surface area (Å²) in [5, 5.41) is 0. The van der Waals surface area contributed by atoms with Gasteiger partial charge in [-0.2, -0.15) is 0 Å². The highest BCUT2D eigenvalue weighted by atomic mass is 32.2. The van der Waals surface area contributed by atoms with Crippen molar-refractivity contribution in [3.8, 4) is 0 Å². The summed E-state index contributed by atoms with van der Waals surface area (Å²) in [5.41, 5.74) is 3.27. The number of rotatable bonds is 7. The maximum absolute atomic E-state index is 12.4. The number of nitrogens with zero attached hydrogens (tertiary/aromatic N) is 1. The fourth-order valence-corrected chi connectivity index (χ4v) is 4.41. The fourth-order valence-electron chi connectivity index (χ4n) is 3.25. The van der Waals surface area contributed by atoms with Crippen molar-refractivity contribution in [2.75, 3.05) is 32.8 Å². The number of aryl methyl sites for hydroxylation is 2. The topological polar surface area (TPSA) is 58.6 Å². The van der Waals surface area contributed by atoms with Crippen LogP contribution in [-0.4, -0.2) is 46.1 Å². The lowest BCUT2D eigenvalue weighted by Gasteiger charge is -2.33. The highest BCUT2D eigenvalue weighted by Gasteiger charge is 2.21. The van der Waals surface area contributed by atoms with E-state index in [2.05, 4.69) is 21.8 Å². The number of nitrogens with one attached hydrogen (secondary N) is 1. The average molecular weight is 389 g/mol. The average Bonchev–Trinajstić information content (AvgIpc) is 2.68. The quantitative estimate of drug-likeness (QED) is 0.741. The first-order chi connectivity index (χ1) is 13.0. The van der Waals surface area contributed by atoms with Crippen LogP contribution in [0.15, 0.2) is 53.4 Å². The zero-order chi connectivity index (χ0) is 19.3. The molecule has 0 radical (unpaired) electrons. The molecule has 1 atom stereocenters. The molecule has 0 unspecified atom stereocenters. The van der Waals surface area contributed by atoms with Crippen molar-refractivity contribution >= 4 is 10.0 Å². The Morgan fingerprint density at radius 1 is 1.11 bits per heavy atom. The zero-order valence-corrected chi connectivity index (χ0v) is 16.8. The van der Waals surface area contributed by atoms with Gasteiger partial charge in [-0.15, -0.1) is 0 Å². The normalized spacial score (nSPS) is 18.5. The van der Waals surface area contributed by atoms with Crippen LogP contribution in [0, 0.1) is 13.8 Å². The van der Waals surface area contributed by atoms with Gasteiger partial charge in [-0.05, 0) is 55.6 Å². The van der Waals surface area contributed by atoms with Crippen LogP contribution in [0.25, 0.3) is 0 Å². The first-order valence-electron chi connectivity index (χ1n) is 9.41. The molecule has 5 nitrogen and oxygen atoms in total. The van der Waals surface area contributed by atoms with Gasteiger partial charge < -0.3 is 4.74 Å². The second-order valence-electron chi connectivity index (χ2n) is 7.07. The van der Waals surface area contributed by atoms with E-state index in [4.69, 9.17) is 4.74 Å². The molecule has 0 aliphatic carbocycles.